The van der Waals surface area contributed by atoms with Gasteiger partial charge < -0.3 is 14.2 Å². The maximum atomic E-state index is 13.1. The highest BCUT2D eigenvalue weighted by atomic mass is 32.2. The molecule has 5 rings (SSSR count). The van der Waals surface area contributed by atoms with Gasteiger partial charge in [0.25, 0.3) is 0 Å². The number of nitriles is 1. The average molecular weight is 472 g/mol. The van der Waals surface area contributed by atoms with E-state index >= 15 is 0 Å². The molecule has 3 aromatic heterocycles. The lowest BCUT2D eigenvalue weighted by molar-refractivity contribution is -0.113. The first kappa shape index (κ1) is 21.7. The number of aromatic nitrogens is 1. The number of fused-ring (bicyclic) bond motifs is 1. The zero-order valence-corrected chi connectivity index (χ0v) is 18.7. The van der Waals surface area contributed by atoms with E-state index in [1.54, 1.807) is 18.6 Å². The predicted molar refractivity (Wildman–Crippen MR) is 127 cm³/mol. The van der Waals surface area contributed by atoms with Crippen LogP contribution in [0.15, 0.2) is 74.9 Å². The third kappa shape index (κ3) is 4.38. The summed E-state index contributed by atoms with van der Waals surface area (Å²) in [5, 5.41) is 13.2. The van der Waals surface area contributed by atoms with E-state index in [0.717, 1.165) is 35.4 Å². The molecule has 0 unspecified atom stereocenters. The molecule has 34 heavy (non-hydrogen) atoms. The summed E-state index contributed by atoms with van der Waals surface area (Å²) in [5.74, 6) is 0.687. The zero-order chi connectivity index (χ0) is 23.5. The molecular formula is C26H18FN3O3S. The van der Waals surface area contributed by atoms with E-state index in [4.69, 9.17) is 13.8 Å². The smallest absolute Gasteiger partial charge is 0.234 e. The Balaban J connectivity index is 1.49. The summed E-state index contributed by atoms with van der Waals surface area (Å²) in [7, 11) is 0. The lowest BCUT2D eigenvalue weighted by atomic mass is 10.00. The summed E-state index contributed by atoms with van der Waals surface area (Å²) < 4.78 is 24.3. The van der Waals surface area contributed by atoms with E-state index in [1.165, 1.54) is 36.0 Å². The molecule has 0 saturated carbocycles. The Labute approximate surface area is 199 Å². The van der Waals surface area contributed by atoms with Crippen LogP contribution in [0.2, 0.25) is 0 Å². The normalized spacial score (nSPS) is 13.6. The zero-order valence-electron chi connectivity index (χ0n) is 17.9. The van der Waals surface area contributed by atoms with Gasteiger partial charge in [-0.2, -0.15) is 5.26 Å². The van der Waals surface area contributed by atoms with Crippen LogP contribution in [-0.2, 0) is 11.2 Å². The summed E-state index contributed by atoms with van der Waals surface area (Å²) in [4.78, 5) is 17.3. The monoisotopic (exact) mass is 471 g/mol. The molecule has 0 fully saturated rings. The SMILES string of the molecule is N#Cc1c(SCC(=O)Nc2ccc(F)cc2)nc2c(c1-c1ccco1)CC/C2=C\c1ccco1. The van der Waals surface area contributed by atoms with Gasteiger partial charge in [-0.25, -0.2) is 9.37 Å². The summed E-state index contributed by atoms with van der Waals surface area (Å²) in [6.45, 7) is 0. The number of hydrogen-bond acceptors (Lipinski definition) is 6. The highest BCUT2D eigenvalue weighted by Gasteiger charge is 2.28. The minimum Gasteiger partial charge on any atom is -0.465 e. The number of pyridine rings is 1. The summed E-state index contributed by atoms with van der Waals surface area (Å²) >= 11 is 1.18. The minimum absolute atomic E-state index is 0.0344. The van der Waals surface area contributed by atoms with Crippen molar-refractivity contribution in [1.29, 1.82) is 5.26 Å². The average Bonchev–Trinajstić information content (AvgIpc) is 3.62. The van der Waals surface area contributed by atoms with Gasteiger partial charge in [-0.3, -0.25) is 4.79 Å². The molecule has 168 valence electrons. The van der Waals surface area contributed by atoms with Crippen LogP contribution < -0.4 is 5.32 Å². The van der Waals surface area contributed by atoms with Crippen LogP contribution in [0.25, 0.3) is 23.0 Å². The third-order valence-electron chi connectivity index (χ3n) is 5.42. The molecule has 6 nitrogen and oxygen atoms in total. The van der Waals surface area contributed by atoms with Crippen molar-refractivity contribution in [1.82, 2.24) is 4.98 Å². The van der Waals surface area contributed by atoms with E-state index in [9.17, 15) is 14.4 Å². The molecule has 0 atom stereocenters. The number of nitrogens with zero attached hydrogens (tertiary/aromatic N) is 2. The minimum atomic E-state index is -0.378. The molecule has 0 aliphatic heterocycles. The molecular weight excluding hydrogens is 453 g/mol. The van der Waals surface area contributed by atoms with Gasteiger partial charge in [-0.1, -0.05) is 11.8 Å². The van der Waals surface area contributed by atoms with Crippen LogP contribution in [0.3, 0.4) is 0 Å². The van der Waals surface area contributed by atoms with Gasteiger partial charge in [-0.05, 0) is 78.6 Å². The summed E-state index contributed by atoms with van der Waals surface area (Å²) in [6, 6.07) is 15.1. The lowest BCUT2D eigenvalue weighted by Gasteiger charge is -2.13. The van der Waals surface area contributed by atoms with Gasteiger partial charge in [0.2, 0.25) is 5.91 Å². The topological polar surface area (TPSA) is 92.1 Å². The number of thioether (sulfide) groups is 1. The lowest BCUT2D eigenvalue weighted by Crippen LogP contribution is -2.14. The summed E-state index contributed by atoms with van der Waals surface area (Å²) in [6.07, 6.45) is 6.60. The van der Waals surface area contributed by atoms with Crippen LogP contribution in [0, 0.1) is 17.1 Å². The Kier molecular flexibility index (Phi) is 6.02. The van der Waals surface area contributed by atoms with E-state index < -0.39 is 0 Å². The van der Waals surface area contributed by atoms with Crippen LogP contribution in [-0.4, -0.2) is 16.6 Å². The fraction of sp³-hybridized carbons (Fsp3) is 0.115. The van der Waals surface area contributed by atoms with Crippen molar-refractivity contribution in [3.63, 3.8) is 0 Å². The van der Waals surface area contributed by atoms with Gasteiger partial charge in [0.15, 0.2) is 0 Å². The van der Waals surface area contributed by atoms with Gasteiger partial charge in [0, 0.05) is 11.3 Å². The molecule has 1 aliphatic carbocycles. The molecule has 0 radical (unpaired) electrons. The number of nitrogens with one attached hydrogen (secondary N) is 1. The third-order valence-corrected chi connectivity index (χ3v) is 6.40. The van der Waals surface area contributed by atoms with E-state index in [0.29, 0.717) is 27.6 Å². The van der Waals surface area contributed by atoms with Crippen LogP contribution in [0.4, 0.5) is 10.1 Å². The standard InChI is InChI=1S/C26H18FN3O3S/c27-17-6-8-18(9-7-17)29-23(31)15-34-26-21(14-28)24(22-4-2-12-33-22)20-10-5-16(25(20)30-26)13-19-3-1-11-32-19/h1-4,6-9,11-13H,5,10,15H2,(H,29,31)/b16-13+. The molecule has 3 heterocycles. The van der Waals surface area contributed by atoms with Gasteiger partial charge in [0.1, 0.15) is 28.4 Å². The largest absolute Gasteiger partial charge is 0.465 e. The van der Waals surface area contributed by atoms with E-state index in [1.807, 2.05) is 24.3 Å². The van der Waals surface area contributed by atoms with Crippen molar-refractivity contribution in [2.75, 3.05) is 11.1 Å². The second-order valence-electron chi connectivity index (χ2n) is 7.61. The van der Waals surface area contributed by atoms with Crippen LogP contribution in [0.5, 0.6) is 0 Å². The quantitative estimate of drug-likeness (QED) is 0.339. The first-order valence-corrected chi connectivity index (χ1v) is 11.5. The van der Waals surface area contributed by atoms with Gasteiger partial charge in [-0.15, -0.1) is 0 Å². The Morgan fingerprint density at radius 1 is 1.15 bits per heavy atom. The Morgan fingerprint density at radius 3 is 2.65 bits per heavy atom. The van der Waals surface area contributed by atoms with Crippen molar-refractivity contribution >= 4 is 35.0 Å². The fourth-order valence-electron chi connectivity index (χ4n) is 3.94. The number of carbonyl (C=O) groups is 1. The van der Waals surface area contributed by atoms with Crippen molar-refractivity contribution < 1.29 is 18.0 Å². The van der Waals surface area contributed by atoms with Crippen LogP contribution in [0.1, 0.15) is 29.0 Å². The number of carbonyl (C=O) groups excluding carboxylic acids is 1. The number of allylic oxidation sites excluding steroid dienone is 1. The molecule has 1 N–H and O–H groups in total. The Bertz CT molecular complexity index is 1400. The summed E-state index contributed by atoms with van der Waals surface area (Å²) in [5.41, 5.74) is 4.32. The second-order valence-corrected chi connectivity index (χ2v) is 8.58. The number of amides is 1. The fourth-order valence-corrected chi connectivity index (χ4v) is 4.73. The van der Waals surface area contributed by atoms with E-state index in [-0.39, 0.29) is 17.5 Å². The molecule has 1 aliphatic rings. The maximum absolute atomic E-state index is 13.1. The van der Waals surface area contributed by atoms with Crippen molar-refractivity contribution in [2.24, 2.45) is 0 Å². The number of anilines is 1. The van der Waals surface area contributed by atoms with Crippen LogP contribution >= 0.6 is 11.8 Å². The first-order chi connectivity index (χ1) is 16.6. The van der Waals surface area contributed by atoms with Crippen molar-refractivity contribution in [3.05, 3.63) is 89.5 Å². The second kappa shape index (κ2) is 9.41. The van der Waals surface area contributed by atoms with Gasteiger partial charge >= 0.3 is 0 Å². The Hall–Kier alpha value is -4.09. The molecule has 1 aromatic carbocycles. The number of benzene rings is 1. The maximum Gasteiger partial charge on any atom is 0.234 e. The highest BCUT2D eigenvalue weighted by Crippen LogP contribution is 2.43. The number of rotatable bonds is 6. The predicted octanol–water partition coefficient (Wildman–Crippen LogP) is 6.16. The molecule has 0 spiro atoms. The highest BCUT2D eigenvalue weighted by molar-refractivity contribution is 8.00. The number of hydrogen-bond donors (Lipinski definition) is 1. The molecule has 1 amide bonds. The number of halogens is 1. The van der Waals surface area contributed by atoms with Crippen molar-refractivity contribution in [2.45, 2.75) is 17.9 Å². The van der Waals surface area contributed by atoms with Gasteiger partial charge in [0.05, 0.1) is 29.5 Å². The number of furan rings is 2. The van der Waals surface area contributed by atoms with E-state index in [2.05, 4.69) is 11.4 Å². The van der Waals surface area contributed by atoms with Crippen molar-refractivity contribution in [3.8, 4) is 17.4 Å². The molecule has 0 saturated heterocycles. The molecule has 0 bridgehead atoms. The molecule has 8 heteroatoms. The Morgan fingerprint density at radius 2 is 1.94 bits per heavy atom. The first-order valence-electron chi connectivity index (χ1n) is 10.6. The molecule has 4 aromatic rings.